The summed E-state index contributed by atoms with van der Waals surface area (Å²) >= 11 is 0. The highest BCUT2D eigenvalue weighted by Gasteiger charge is 2.19. The first-order chi connectivity index (χ1) is 26.5. The molecular formula is C48H90O6. The number of hydrogen-bond donors (Lipinski definition) is 0. The van der Waals surface area contributed by atoms with E-state index in [-0.39, 0.29) is 31.1 Å². The summed E-state index contributed by atoms with van der Waals surface area (Å²) in [7, 11) is 0. The van der Waals surface area contributed by atoms with Gasteiger partial charge in [-0.1, -0.05) is 213 Å². The van der Waals surface area contributed by atoms with Gasteiger partial charge in [0.2, 0.25) is 0 Å². The molecule has 0 unspecified atom stereocenters. The highest BCUT2D eigenvalue weighted by molar-refractivity contribution is 5.71. The van der Waals surface area contributed by atoms with E-state index in [4.69, 9.17) is 14.2 Å². The van der Waals surface area contributed by atoms with Gasteiger partial charge in [-0.15, -0.1) is 0 Å². The van der Waals surface area contributed by atoms with Crippen molar-refractivity contribution in [3.8, 4) is 0 Å². The Kier molecular flexibility index (Phi) is 42.4. The minimum atomic E-state index is -0.765. The molecule has 0 aromatic carbocycles. The van der Waals surface area contributed by atoms with Crippen molar-refractivity contribution < 1.29 is 28.6 Å². The molecule has 0 aromatic heterocycles. The molecule has 318 valence electrons. The first-order valence-electron chi connectivity index (χ1n) is 23.7. The summed E-state index contributed by atoms with van der Waals surface area (Å²) in [5.41, 5.74) is 0. The predicted octanol–water partition coefficient (Wildman–Crippen LogP) is 15.0. The Bertz CT molecular complexity index is 839. The van der Waals surface area contributed by atoms with E-state index in [1.54, 1.807) is 0 Å². The third-order valence-electron chi connectivity index (χ3n) is 10.5. The second-order valence-corrected chi connectivity index (χ2v) is 16.0. The van der Waals surface area contributed by atoms with E-state index in [2.05, 4.69) is 32.9 Å². The molecule has 0 heterocycles. The molecule has 0 aromatic rings. The zero-order valence-electron chi connectivity index (χ0n) is 36.3. The first kappa shape index (κ1) is 52.2. The Hall–Kier alpha value is -1.85. The van der Waals surface area contributed by atoms with Gasteiger partial charge in [0.15, 0.2) is 6.10 Å². The largest absolute Gasteiger partial charge is 0.462 e. The number of carbonyl (C=O) groups excluding carboxylic acids is 3. The van der Waals surface area contributed by atoms with Gasteiger partial charge in [0, 0.05) is 19.3 Å². The van der Waals surface area contributed by atoms with Gasteiger partial charge in [-0.2, -0.15) is 0 Å². The van der Waals surface area contributed by atoms with Crippen LogP contribution in [0, 0.1) is 0 Å². The van der Waals surface area contributed by atoms with Gasteiger partial charge >= 0.3 is 17.9 Å². The zero-order valence-corrected chi connectivity index (χ0v) is 36.3. The van der Waals surface area contributed by atoms with Crippen molar-refractivity contribution in [2.24, 2.45) is 0 Å². The summed E-state index contributed by atoms with van der Waals surface area (Å²) in [6.07, 6.45) is 46.2. The second kappa shape index (κ2) is 43.9. The molecule has 0 saturated carbocycles. The molecule has 0 N–H and O–H groups in total. The standard InChI is InChI=1S/C48H90O6/c1-4-7-10-13-16-19-22-23-24-27-29-32-35-38-41-47(50)53-44-45(54-48(51)42-39-36-33-30-26-21-18-15-12-9-6-3)43-52-46(49)40-37-34-31-28-25-20-17-14-11-8-5-2/h15,18,45H,4-14,16-17,19-44H2,1-3H3/b18-15-/t45-/m1/s1. The monoisotopic (exact) mass is 763 g/mol. The highest BCUT2D eigenvalue weighted by Crippen LogP contribution is 2.15. The Balaban J connectivity index is 4.32. The molecule has 6 heteroatoms. The first-order valence-corrected chi connectivity index (χ1v) is 23.7. The molecule has 1 atom stereocenters. The Morgan fingerprint density at radius 1 is 0.352 bits per heavy atom. The van der Waals surface area contributed by atoms with E-state index < -0.39 is 6.10 Å². The van der Waals surface area contributed by atoms with Crippen LogP contribution in [0.2, 0.25) is 0 Å². The van der Waals surface area contributed by atoms with Gasteiger partial charge in [-0.05, 0) is 38.5 Å². The number of hydrogen-bond acceptors (Lipinski definition) is 6. The maximum Gasteiger partial charge on any atom is 0.306 e. The fourth-order valence-corrected chi connectivity index (χ4v) is 6.89. The van der Waals surface area contributed by atoms with Gasteiger partial charge in [-0.25, -0.2) is 0 Å². The van der Waals surface area contributed by atoms with Crippen LogP contribution in [0.25, 0.3) is 0 Å². The van der Waals surface area contributed by atoms with Crippen molar-refractivity contribution in [2.75, 3.05) is 13.2 Å². The molecule has 0 rings (SSSR count). The van der Waals surface area contributed by atoms with Crippen molar-refractivity contribution in [3.05, 3.63) is 12.2 Å². The van der Waals surface area contributed by atoms with Crippen molar-refractivity contribution in [1.29, 1.82) is 0 Å². The normalized spacial score (nSPS) is 12.0. The Labute approximate surface area is 335 Å². The number of unbranched alkanes of at least 4 members (excludes halogenated alkanes) is 30. The van der Waals surface area contributed by atoms with Gasteiger partial charge in [-0.3, -0.25) is 14.4 Å². The van der Waals surface area contributed by atoms with Crippen molar-refractivity contribution in [1.82, 2.24) is 0 Å². The predicted molar refractivity (Wildman–Crippen MR) is 229 cm³/mol. The fraction of sp³-hybridized carbons (Fsp3) is 0.896. The lowest BCUT2D eigenvalue weighted by Gasteiger charge is -2.18. The zero-order chi connectivity index (χ0) is 39.4. The number of carbonyl (C=O) groups is 3. The Morgan fingerprint density at radius 3 is 0.981 bits per heavy atom. The minimum Gasteiger partial charge on any atom is -0.462 e. The van der Waals surface area contributed by atoms with E-state index in [0.29, 0.717) is 19.3 Å². The van der Waals surface area contributed by atoms with E-state index in [9.17, 15) is 14.4 Å². The SMILES string of the molecule is CCCC/C=C\CCCCCCCC(=O)O[C@H](COC(=O)CCCCCCCCCCCCC)COC(=O)CCCCCCCCCCCCCCCC. The highest BCUT2D eigenvalue weighted by atomic mass is 16.6. The lowest BCUT2D eigenvalue weighted by atomic mass is 10.0. The average molecular weight is 763 g/mol. The van der Waals surface area contributed by atoms with Gasteiger partial charge in [0.25, 0.3) is 0 Å². The molecule has 0 bridgehead atoms. The smallest absolute Gasteiger partial charge is 0.306 e. The average Bonchev–Trinajstić information content (AvgIpc) is 3.17. The van der Waals surface area contributed by atoms with Crippen LogP contribution in [0.15, 0.2) is 12.2 Å². The van der Waals surface area contributed by atoms with Gasteiger partial charge in [0.1, 0.15) is 13.2 Å². The third kappa shape index (κ3) is 41.3. The van der Waals surface area contributed by atoms with E-state index in [0.717, 1.165) is 64.2 Å². The Morgan fingerprint density at radius 2 is 0.630 bits per heavy atom. The number of esters is 3. The maximum atomic E-state index is 12.7. The van der Waals surface area contributed by atoms with Crippen molar-refractivity contribution in [3.63, 3.8) is 0 Å². The van der Waals surface area contributed by atoms with Crippen LogP contribution in [0.4, 0.5) is 0 Å². The van der Waals surface area contributed by atoms with Crippen LogP contribution in [0.1, 0.15) is 258 Å². The molecule has 0 saturated heterocycles. The molecular weight excluding hydrogens is 673 g/mol. The molecule has 54 heavy (non-hydrogen) atoms. The molecule has 0 radical (unpaired) electrons. The number of rotatable bonds is 43. The lowest BCUT2D eigenvalue weighted by Crippen LogP contribution is -2.30. The number of ether oxygens (including phenoxy) is 3. The molecule has 0 aliphatic rings. The molecule has 6 nitrogen and oxygen atoms in total. The van der Waals surface area contributed by atoms with Crippen LogP contribution in [-0.4, -0.2) is 37.2 Å². The van der Waals surface area contributed by atoms with Crippen molar-refractivity contribution in [2.45, 2.75) is 264 Å². The van der Waals surface area contributed by atoms with Crippen LogP contribution in [-0.2, 0) is 28.6 Å². The molecule has 0 aliphatic heterocycles. The van der Waals surface area contributed by atoms with E-state index in [1.807, 2.05) is 0 Å². The van der Waals surface area contributed by atoms with E-state index >= 15 is 0 Å². The quantitative estimate of drug-likeness (QED) is 0.0266. The van der Waals surface area contributed by atoms with Crippen molar-refractivity contribution >= 4 is 17.9 Å². The van der Waals surface area contributed by atoms with Gasteiger partial charge < -0.3 is 14.2 Å². The van der Waals surface area contributed by atoms with Crippen LogP contribution < -0.4 is 0 Å². The minimum absolute atomic E-state index is 0.0688. The molecule has 0 amide bonds. The summed E-state index contributed by atoms with van der Waals surface area (Å²) < 4.78 is 16.7. The fourth-order valence-electron chi connectivity index (χ4n) is 6.89. The summed E-state index contributed by atoms with van der Waals surface area (Å²) in [5, 5.41) is 0. The molecule has 0 aliphatic carbocycles. The van der Waals surface area contributed by atoms with Crippen LogP contribution in [0.3, 0.4) is 0 Å². The van der Waals surface area contributed by atoms with Gasteiger partial charge in [0.05, 0.1) is 0 Å². The summed E-state index contributed by atoms with van der Waals surface area (Å²) in [4.78, 5) is 37.7. The topological polar surface area (TPSA) is 78.9 Å². The van der Waals surface area contributed by atoms with Crippen LogP contribution >= 0.6 is 0 Å². The summed E-state index contributed by atoms with van der Waals surface area (Å²) in [5.74, 6) is -0.869. The molecule has 0 spiro atoms. The number of allylic oxidation sites excluding steroid dienone is 2. The lowest BCUT2D eigenvalue weighted by molar-refractivity contribution is -0.167. The summed E-state index contributed by atoms with van der Waals surface area (Å²) in [6, 6.07) is 0. The summed E-state index contributed by atoms with van der Waals surface area (Å²) in [6.45, 7) is 6.60. The second-order valence-electron chi connectivity index (χ2n) is 16.0. The molecule has 0 fully saturated rings. The maximum absolute atomic E-state index is 12.7. The van der Waals surface area contributed by atoms with Crippen LogP contribution in [0.5, 0.6) is 0 Å². The third-order valence-corrected chi connectivity index (χ3v) is 10.5. The van der Waals surface area contributed by atoms with E-state index in [1.165, 1.54) is 154 Å².